The molecule has 0 aromatic heterocycles. The van der Waals surface area contributed by atoms with Gasteiger partial charge >= 0.3 is 19.8 Å². The average Bonchev–Trinajstić information content (AvgIpc) is 2.98. The number of esters is 2. The number of carbonyl (C=O) groups excluding carboxylic acids is 2. The van der Waals surface area contributed by atoms with Crippen molar-refractivity contribution in [2.24, 2.45) is 0 Å². The average molecular weight is 647 g/mol. The van der Waals surface area contributed by atoms with E-state index in [-0.39, 0.29) is 19.4 Å². The van der Waals surface area contributed by atoms with Gasteiger partial charge in [-0.15, -0.1) is 0 Å². The molecule has 0 unspecified atom stereocenters. The molecule has 9 heteroatoms. The summed E-state index contributed by atoms with van der Waals surface area (Å²) in [4.78, 5) is 42.6. The highest BCUT2D eigenvalue weighted by atomic mass is 31.2. The van der Waals surface area contributed by atoms with Gasteiger partial charge in [-0.05, 0) is 38.5 Å². The number of carbonyl (C=O) groups is 2. The first-order chi connectivity index (χ1) is 21.3. The number of unbranched alkanes of at least 4 members (excludes halogenated alkanes) is 21. The lowest BCUT2D eigenvalue weighted by atomic mass is 10.0. The second kappa shape index (κ2) is 31.8. The lowest BCUT2D eigenvalue weighted by molar-refractivity contribution is -0.161. The van der Waals surface area contributed by atoms with Gasteiger partial charge in [0.2, 0.25) is 0 Å². The minimum Gasteiger partial charge on any atom is -0.462 e. The highest BCUT2D eigenvalue weighted by Gasteiger charge is 2.22. The van der Waals surface area contributed by atoms with Crippen LogP contribution in [0.3, 0.4) is 0 Å². The van der Waals surface area contributed by atoms with Gasteiger partial charge in [0, 0.05) is 12.8 Å². The van der Waals surface area contributed by atoms with Crippen LogP contribution in [0.1, 0.15) is 181 Å². The van der Waals surface area contributed by atoms with Gasteiger partial charge in [0.25, 0.3) is 0 Å². The predicted molar refractivity (Wildman–Crippen MR) is 179 cm³/mol. The lowest BCUT2D eigenvalue weighted by Gasteiger charge is -2.18. The van der Waals surface area contributed by atoms with Crippen LogP contribution in [0, 0.1) is 0 Å². The normalized spacial score (nSPS) is 12.5. The highest BCUT2D eigenvalue weighted by molar-refractivity contribution is 7.46. The smallest absolute Gasteiger partial charge is 0.462 e. The van der Waals surface area contributed by atoms with Crippen LogP contribution >= 0.6 is 7.82 Å². The molecule has 0 spiro atoms. The molecule has 0 radical (unpaired) electrons. The SMILES string of the molecule is CCCCCCC/C=C\CCCCCCCC(=O)OC[C@H](COP(=O)(O)O)OC(=O)CCCCCCCCCCCCCC. The summed E-state index contributed by atoms with van der Waals surface area (Å²) in [7, 11) is -4.74. The fourth-order valence-electron chi connectivity index (χ4n) is 5.07. The molecule has 1 atom stereocenters. The predicted octanol–water partition coefficient (Wildman–Crippen LogP) is 10.3. The van der Waals surface area contributed by atoms with Gasteiger partial charge in [-0.1, -0.05) is 142 Å². The second-order valence-electron chi connectivity index (χ2n) is 12.2. The third-order valence-electron chi connectivity index (χ3n) is 7.78. The lowest BCUT2D eigenvalue weighted by Crippen LogP contribution is -2.29. The Balaban J connectivity index is 3.98. The number of rotatable bonds is 33. The number of ether oxygens (including phenoxy) is 2. The molecule has 8 nitrogen and oxygen atoms in total. The molecule has 0 saturated carbocycles. The number of hydrogen-bond donors (Lipinski definition) is 2. The van der Waals surface area contributed by atoms with E-state index in [1.165, 1.54) is 89.9 Å². The maximum atomic E-state index is 12.3. The molecule has 0 aromatic carbocycles. The van der Waals surface area contributed by atoms with Crippen molar-refractivity contribution in [2.45, 2.75) is 187 Å². The van der Waals surface area contributed by atoms with Gasteiger partial charge in [0.05, 0.1) is 6.61 Å². The molecular formula is C35H67O8P. The summed E-state index contributed by atoms with van der Waals surface area (Å²) in [6.07, 6.45) is 32.2. The van der Waals surface area contributed by atoms with Crippen molar-refractivity contribution in [3.8, 4) is 0 Å². The number of phosphoric ester groups is 1. The van der Waals surface area contributed by atoms with E-state index in [4.69, 9.17) is 19.3 Å². The Kier molecular flexibility index (Phi) is 30.9. The minimum atomic E-state index is -4.74. The third-order valence-corrected chi connectivity index (χ3v) is 8.27. The van der Waals surface area contributed by atoms with Crippen molar-refractivity contribution in [1.82, 2.24) is 0 Å². The van der Waals surface area contributed by atoms with Crippen molar-refractivity contribution in [1.29, 1.82) is 0 Å². The standard InChI is InChI=1S/C35H67O8P/c1-3-5-7-9-11-13-15-17-18-20-21-23-25-27-29-34(36)41-31-33(32-42-44(38,39)40)43-35(37)30-28-26-24-22-19-16-14-12-10-8-6-4-2/h15,17,33H,3-14,16,18-32H2,1-2H3,(H2,38,39,40)/b17-15-/t33-/m1/s1. The molecule has 0 aliphatic carbocycles. The quantitative estimate of drug-likeness (QED) is 0.0313. The van der Waals surface area contributed by atoms with Gasteiger partial charge in [-0.2, -0.15) is 0 Å². The van der Waals surface area contributed by atoms with Gasteiger partial charge in [0.1, 0.15) is 6.61 Å². The van der Waals surface area contributed by atoms with Crippen molar-refractivity contribution >= 4 is 19.8 Å². The number of allylic oxidation sites excluding steroid dienone is 2. The van der Waals surface area contributed by atoms with E-state index in [1.54, 1.807) is 0 Å². The minimum absolute atomic E-state index is 0.215. The first kappa shape index (κ1) is 42.8. The number of hydrogen-bond acceptors (Lipinski definition) is 6. The van der Waals surface area contributed by atoms with Gasteiger partial charge in [0.15, 0.2) is 6.10 Å². The first-order valence-electron chi connectivity index (χ1n) is 18.0. The van der Waals surface area contributed by atoms with Crippen molar-refractivity contribution in [3.05, 3.63) is 12.2 Å². The fraction of sp³-hybridized carbons (Fsp3) is 0.886. The van der Waals surface area contributed by atoms with E-state index in [0.29, 0.717) is 6.42 Å². The molecule has 0 amide bonds. The van der Waals surface area contributed by atoms with E-state index in [0.717, 1.165) is 57.8 Å². The van der Waals surface area contributed by atoms with Crippen LogP contribution in [0.2, 0.25) is 0 Å². The van der Waals surface area contributed by atoms with E-state index >= 15 is 0 Å². The molecule has 0 aromatic rings. The van der Waals surface area contributed by atoms with Gasteiger partial charge < -0.3 is 19.3 Å². The Hall–Kier alpha value is -1.21. The molecule has 44 heavy (non-hydrogen) atoms. The van der Waals surface area contributed by atoms with Crippen molar-refractivity contribution < 1.29 is 37.9 Å². The zero-order valence-corrected chi connectivity index (χ0v) is 29.2. The van der Waals surface area contributed by atoms with Crippen LogP contribution < -0.4 is 0 Å². The topological polar surface area (TPSA) is 119 Å². The van der Waals surface area contributed by atoms with E-state index in [9.17, 15) is 14.2 Å². The van der Waals surface area contributed by atoms with Crippen LogP contribution in [0.5, 0.6) is 0 Å². The Bertz CT molecular complexity index is 736. The molecule has 0 heterocycles. The Morgan fingerprint density at radius 1 is 0.568 bits per heavy atom. The van der Waals surface area contributed by atoms with Crippen LogP contribution in [0.4, 0.5) is 0 Å². The van der Waals surface area contributed by atoms with Crippen molar-refractivity contribution in [3.63, 3.8) is 0 Å². The largest absolute Gasteiger partial charge is 0.469 e. The van der Waals surface area contributed by atoms with E-state index in [2.05, 4.69) is 30.5 Å². The molecule has 0 aliphatic heterocycles. The number of phosphoric acid groups is 1. The molecule has 2 N–H and O–H groups in total. The summed E-state index contributed by atoms with van der Waals surface area (Å²) in [5.41, 5.74) is 0. The van der Waals surface area contributed by atoms with Gasteiger partial charge in [-0.25, -0.2) is 4.57 Å². The molecule has 0 fully saturated rings. The van der Waals surface area contributed by atoms with Crippen molar-refractivity contribution in [2.75, 3.05) is 13.2 Å². The molecule has 0 rings (SSSR count). The monoisotopic (exact) mass is 646 g/mol. The summed E-state index contributed by atoms with van der Waals surface area (Å²) >= 11 is 0. The maximum absolute atomic E-state index is 12.3. The summed E-state index contributed by atoms with van der Waals surface area (Å²) < 4.78 is 26.2. The zero-order chi connectivity index (χ0) is 32.6. The molecule has 0 aliphatic rings. The van der Waals surface area contributed by atoms with Crippen LogP contribution in [0.15, 0.2) is 12.2 Å². The maximum Gasteiger partial charge on any atom is 0.469 e. The van der Waals surface area contributed by atoms with Gasteiger partial charge in [-0.3, -0.25) is 14.1 Å². The molecule has 0 bridgehead atoms. The molecular weight excluding hydrogens is 579 g/mol. The fourth-order valence-corrected chi connectivity index (χ4v) is 5.43. The Morgan fingerprint density at radius 2 is 0.955 bits per heavy atom. The van der Waals surface area contributed by atoms with Crippen LogP contribution in [-0.4, -0.2) is 41.0 Å². The van der Waals surface area contributed by atoms with Crippen LogP contribution in [0.25, 0.3) is 0 Å². The molecule has 260 valence electrons. The zero-order valence-electron chi connectivity index (χ0n) is 28.3. The Morgan fingerprint density at radius 3 is 1.39 bits per heavy atom. The summed E-state index contributed by atoms with van der Waals surface area (Å²) in [6.45, 7) is 3.65. The summed E-state index contributed by atoms with van der Waals surface area (Å²) in [5.74, 6) is -0.890. The van der Waals surface area contributed by atoms with E-state index in [1.807, 2.05) is 0 Å². The molecule has 0 saturated heterocycles. The highest BCUT2D eigenvalue weighted by Crippen LogP contribution is 2.36. The summed E-state index contributed by atoms with van der Waals surface area (Å²) in [5, 5.41) is 0. The van der Waals surface area contributed by atoms with E-state index < -0.39 is 32.5 Å². The summed E-state index contributed by atoms with van der Waals surface area (Å²) in [6, 6.07) is 0. The third kappa shape index (κ3) is 33.7. The second-order valence-corrected chi connectivity index (χ2v) is 13.4. The first-order valence-corrected chi connectivity index (χ1v) is 19.5. The van der Waals surface area contributed by atoms with Crippen LogP contribution in [-0.2, 0) is 28.2 Å². The Labute approximate surface area is 269 Å².